The van der Waals surface area contributed by atoms with Crippen molar-refractivity contribution >= 4 is 17.5 Å². The second kappa shape index (κ2) is 8.02. The highest BCUT2D eigenvalue weighted by Gasteiger charge is 2.09. The van der Waals surface area contributed by atoms with Crippen LogP contribution in [-0.2, 0) is 11.3 Å². The summed E-state index contributed by atoms with van der Waals surface area (Å²) in [5.74, 6) is 0.826. The molecule has 0 fully saturated rings. The Morgan fingerprint density at radius 1 is 1.47 bits per heavy atom. The minimum absolute atomic E-state index is 0.185. The van der Waals surface area contributed by atoms with Gasteiger partial charge in [-0.15, -0.1) is 0 Å². The van der Waals surface area contributed by atoms with Gasteiger partial charge in [-0.3, -0.25) is 4.79 Å². The van der Waals surface area contributed by atoms with Crippen LogP contribution < -0.4 is 15.8 Å². The van der Waals surface area contributed by atoms with E-state index >= 15 is 0 Å². The van der Waals surface area contributed by atoms with Crippen LogP contribution in [-0.4, -0.2) is 19.1 Å². The summed E-state index contributed by atoms with van der Waals surface area (Å²) in [6.07, 6.45) is 0.185. The number of nitrogens with one attached hydrogen (secondary N) is 1. The van der Waals surface area contributed by atoms with E-state index in [-0.39, 0.29) is 18.9 Å². The average molecular weight is 285 g/mol. The molecule has 0 heterocycles. The molecule has 1 rings (SSSR count). The number of primary amides is 1. The van der Waals surface area contributed by atoms with E-state index in [1.807, 2.05) is 12.1 Å². The Bertz CT molecular complexity index is 422. The molecule has 1 aromatic carbocycles. The zero-order valence-electron chi connectivity index (χ0n) is 11.4. The van der Waals surface area contributed by atoms with E-state index in [4.69, 9.17) is 22.1 Å². The predicted molar refractivity (Wildman–Crippen MR) is 77.3 cm³/mol. The highest BCUT2D eigenvalue weighted by Crippen LogP contribution is 2.28. The van der Waals surface area contributed by atoms with Crippen molar-refractivity contribution < 1.29 is 9.53 Å². The lowest BCUT2D eigenvalue weighted by Crippen LogP contribution is -2.20. The maximum atomic E-state index is 10.7. The van der Waals surface area contributed by atoms with E-state index < -0.39 is 0 Å². The average Bonchev–Trinajstić information content (AvgIpc) is 2.31. The van der Waals surface area contributed by atoms with Gasteiger partial charge in [-0.05, 0) is 18.5 Å². The molecule has 0 atom stereocenters. The van der Waals surface area contributed by atoms with Gasteiger partial charge in [-0.25, -0.2) is 0 Å². The van der Waals surface area contributed by atoms with Crippen molar-refractivity contribution in [1.29, 1.82) is 0 Å². The Morgan fingerprint density at radius 3 is 2.84 bits per heavy atom. The van der Waals surface area contributed by atoms with Crippen LogP contribution in [0.1, 0.15) is 25.8 Å². The van der Waals surface area contributed by atoms with Crippen molar-refractivity contribution in [2.45, 2.75) is 26.8 Å². The number of nitrogens with two attached hydrogens (primary N) is 1. The fraction of sp³-hybridized carbons (Fsp3) is 0.500. The normalized spacial score (nSPS) is 10.7. The van der Waals surface area contributed by atoms with Crippen molar-refractivity contribution in [1.82, 2.24) is 5.32 Å². The predicted octanol–water partition coefficient (Wildman–Crippen LogP) is 2.34. The Hall–Kier alpha value is -1.26. The number of amides is 1. The molecule has 19 heavy (non-hydrogen) atoms. The van der Waals surface area contributed by atoms with Gasteiger partial charge in [0, 0.05) is 12.1 Å². The number of benzene rings is 1. The highest BCUT2D eigenvalue weighted by molar-refractivity contribution is 6.32. The molecule has 0 radical (unpaired) electrons. The summed E-state index contributed by atoms with van der Waals surface area (Å²) in [5, 5.41) is 3.89. The smallest absolute Gasteiger partial charge is 0.220 e. The van der Waals surface area contributed by atoms with Gasteiger partial charge in [0.05, 0.1) is 18.1 Å². The van der Waals surface area contributed by atoms with Gasteiger partial charge in [-0.1, -0.05) is 37.6 Å². The first-order valence-electron chi connectivity index (χ1n) is 6.40. The maximum absolute atomic E-state index is 10.7. The summed E-state index contributed by atoms with van der Waals surface area (Å²) in [6, 6.07) is 5.61. The number of halogens is 1. The summed E-state index contributed by atoms with van der Waals surface area (Å²) in [4.78, 5) is 10.7. The molecule has 3 N–H and O–H groups in total. The van der Waals surface area contributed by atoms with Gasteiger partial charge in [0.2, 0.25) is 5.91 Å². The summed E-state index contributed by atoms with van der Waals surface area (Å²) >= 11 is 6.12. The van der Waals surface area contributed by atoms with Gasteiger partial charge in [0.15, 0.2) is 0 Å². The zero-order valence-corrected chi connectivity index (χ0v) is 12.2. The fourth-order valence-electron chi connectivity index (χ4n) is 1.60. The second-order valence-electron chi connectivity index (χ2n) is 4.82. The summed E-state index contributed by atoms with van der Waals surface area (Å²) in [7, 11) is 0. The van der Waals surface area contributed by atoms with Crippen LogP contribution in [0, 0.1) is 5.92 Å². The van der Waals surface area contributed by atoms with Crippen molar-refractivity contribution in [3.05, 3.63) is 28.8 Å². The summed E-state index contributed by atoms with van der Waals surface area (Å²) in [6.45, 7) is 6.15. The van der Waals surface area contributed by atoms with Crippen molar-refractivity contribution in [2.24, 2.45) is 11.7 Å². The van der Waals surface area contributed by atoms with Gasteiger partial charge < -0.3 is 15.8 Å². The number of rotatable bonds is 8. The first-order chi connectivity index (χ1) is 9.00. The molecule has 5 heteroatoms. The zero-order chi connectivity index (χ0) is 14.3. The van der Waals surface area contributed by atoms with Crippen LogP contribution in [0.25, 0.3) is 0 Å². The van der Waals surface area contributed by atoms with Crippen molar-refractivity contribution in [3.63, 3.8) is 0 Å². The number of hydrogen-bond acceptors (Lipinski definition) is 3. The quantitative estimate of drug-likeness (QED) is 0.770. The lowest BCUT2D eigenvalue weighted by molar-refractivity contribution is -0.118. The Labute approximate surface area is 119 Å². The van der Waals surface area contributed by atoms with E-state index in [1.165, 1.54) is 0 Å². The van der Waals surface area contributed by atoms with Gasteiger partial charge in [0.25, 0.3) is 0 Å². The van der Waals surface area contributed by atoms with E-state index in [0.29, 0.717) is 23.2 Å². The highest BCUT2D eigenvalue weighted by atomic mass is 35.5. The van der Waals surface area contributed by atoms with Crippen LogP contribution in [0.15, 0.2) is 18.2 Å². The van der Waals surface area contributed by atoms with Crippen LogP contribution in [0.5, 0.6) is 5.75 Å². The Morgan fingerprint density at radius 2 is 2.21 bits per heavy atom. The van der Waals surface area contributed by atoms with Crippen molar-refractivity contribution in [2.75, 3.05) is 13.2 Å². The molecular formula is C14H21ClN2O2. The number of carbonyl (C=O) groups is 1. The minimum Gasteiger partial charge on any atom is -0.491 e. The Kier molecular flexibility index (Phi) is 6.67. The van der Waals surface area contributed by atoms with Crippen molar-refractivity contribution in [3.8, 4) is 5.75 Å². The molecule has 0 aromatic heterocycles. The molecule has 1 aromatic rings. The molecule has 0 unspecified atom stereocenters. The van der Waals surface area contributed by atoms with Gasteiger partial charge >= 0.3 is 0 Å². The number of ether oxygens (including phenoxy) is 1. The number of para-hydroxylation sites is 1. The molecular weight excluding hydrogens is 264 g/mol. The minimum atomic E-state index is -0.383. The lowest BCUT2D eigenvalue weighted by Gasteiger charge is -2.14. The third-order valence-corrected chi connectivity index (χ3v) is 2.81. The molecule has 0 aliphatic heterocycles. The third-order valence-electron chi connectivity index (χ3n) is 2.51. The van der Waals surface area contributed by atoms with Crippen LogP contribution in [0.2, 0.25) is 5.02 Å². The molecule has 0 aliphatic carbocycles. The van der Waals surface area contributed by atoms with E-state index in [1.54, 1.807) is 6.07 Å². The lowest BCUT2D eigenvalue weighted by atomic mass is 10.1. The maximum Gasteiger partial charge on any atom is 0.220 e. The molecule has 0 spiro atoms. The Balaban J connectivity index is 2.63. The second-order valence-corrected chi connectivity index (χ2v) is 5.22. The van der Waals surface area contributed by atoms with E-state index in [2.05, 4.69) is 19.2 Å². The molecule has 0 aliphatic rings. The van der Waals surface area contributed by atoms with Gasteiger partial charge in [-0.2, -0.15) is 0 Å². The van der Waals surface area contributed by atoms with Crippen LogP contribution in [0.3, 0.4) is 0 Å². The van der Waals surface area contributed by atoms with Crippen LogP contribution >= 0.6 is 11.6 Å². The largest absolute Gasteiger partial charge is 0.491 e. The van der Waals surface area contributed by atoms with Crippen LogP contribution in [0.4, 0.5) is 0 Å². The summed E-state index contributed by atoms with van der Waals surface area (Å²) < 4.78 is 5.56. The van der Waals surface area contributed by atoms with E-state index in [9.17, 15) is 4.79 Å². The topological polar surface area (TPSA) is 64.3 Å². The standard InChI is InChI=1S/C14H21ClN2O2/c1-10(2)8-17-9-11-4-3-5-12(15)14(11)19-7-6-13(16)18/h3-5,10,17H,6-9H2,1-2H3,(H2,16,18). The summed E-state index contributed by atoms with van der Waals surface area (Å²) in [5.41, 5.74) is 6.07. The SMILES string of the molecule is CC(C)CNCc1cccc(Cl)c1OCCC(N)=O. The molecule has 0 bridgehead atoms. The monoisotopic (exact) mass is 284 g/mol. The molecule has 1 amide bonds. The molecule has 0 saturated carbocycles. The first-order valence-corrected chi connectivity index (χ1v) is 6.77. The third kappa shape index (κ3) is 5.94. The number of carbonyl (C=O) groups excluding carboxylic acids is 1. The first kappa shape index (κ1) is 15.8. The fourth-order valence-corrected chi connectivity index (χ4v) is 1.85. The molecule has 4 nitrogen and oxygen atoms in total. The molecule has 0 saturated heterocycles. The number of hydrogen-bond donors (Lipinski definition) is 2. The molecule has 106 valence electrons. The van der Waals surface area contributed by atoms with E-state index in [0.717, 1.165) is 12.1 Å². The van der Waals surface area contributed by atoms with Gasteiger partial charge in [0.1, 0.15) is 5.75 Å².